The van der Waals surface area contributed by atoms with Crippen LogP contribution >= 0.6 is 11.6 Å². The van der Waals surface area contributed by atoms with Gasteiger partial charge in [0.25, 0.3) is 0 Å². The number of aromatic nitrogens is 5. The molecule has 5 rings (SSSR count). The molecule has 0 radical (unpaired) electrons. The number of tetrazole rings is 1. The number of esters is 1. The Kier molecular flexibility index (Phi) is 10.2. The highest BCUT2D eigenvalue weighted by atomic mass is 35.5. The van der Waals surface area contributed by atoms with Crippen LogP contribution in [-0.4, -0.2) is 104 Å². The number of fused-ring (bicyclic) bond motifs is 1. The van der Waals surface area contributed by atoms with Crippen molar-refractivity contribution in [3.05, 3.63) is 70.9 Å². The predicted octanol–water partition coefficient (Wildman–Crippen LogP) is 3.19. The highest BCUT2D eigenvalue weighted by molar-refractivity contribution is 6.31. The summed E-state index contributed by atoms with van der Waals surface area (Å²) < 4.78 is 21.7. The molecule has 1 atom stereocenters. The Morgan fingerprint density at radius 3 is 2.54 bits per heavy atom. The maximum absolute atomic E-state index is 15.0. The third-order valence-corrected chi connectivity index (χ3v) is 7.77. The van der Waals surface area contributed by atoms with Crippen molar-refractivity contribution >= 4 is 58.0 Å². The molecule has 2 aromatic carbocycles. The second-order valence-corrected chi connectivity index (χ2v) is 12.7. The monoisotopic (exact) mass is 679 g/mol. The Balaban J connectivity index is 1.35. The standard InChI is InChI=1S/C32H35ClFN9O5/c1-32(2,3)48-31(47)25-16-19-15-20(5-8-23(19)37-25)36-30(46)24(17-28(45)42-13-11-41(4)12-14-42)38-27(44)10-6-21-26(43-18-35-39-40-43)9-7-22(33)29(21)34/h5-10,15-16,18,24,37H,11-14,17H2,1-4H3,(H,36,46)(H,38,44)/b10-6+/t24-/m0/s1. The molecule has 0 spiro atoms. The van der Waals surface area contributed by atoms with E-state index in [4.69, 9.17) is 16.3 Å². The fraction of sp³-hybridized carbons (Fsp3) is 0.344. The van der Waals surface area contributed by atoms with E-state index in [0.29, 0.717) is 42.8 Å². The van der Waals surface area contributed by atoms with E-state index in [9.17, 15) is 19.2 Å². The number of halogens is 2. The molecular weight excluding hydrogens is 645 g/mol. The molecule has 1 aliphatic heterocycles. The molecule has 0 unspecified atom stereocenters. The Labute approximate surface area is 280 Å². The van der Waals surface area contributed by atoms with Crippen molar-refractivity contribution in [2.75, 3.05) is 38.5 Å². The van der Waals surface area contributed by atoms with Crippen LogP contribution < -0.4 is 10.6 Å². The molecule has 2 aromatic heterocycles. The van der Waals surface area contributed by atoms with Gasteiger partial charge in [-0.1, -0.05) is 11.6 Å². The number of likely N-dealkylation sites (N-methyl/N-ethyl adjacent to an activating group) is 1. The minimum Gasteiger partial charge on any atom is -0.455 e. The van der Waals surface area contributed by atoms with E-state index < -0.39 is 35.2 Å². The zero-order chi connectivity index (χ0) is 34.6. The SMILES string of the molecule is CN1CCN(C(=O)C[C@H](NC(=O)/C=C/c2c(-n3cnnn3)ccc(Cl)c2F)C(=O)Nc2ccc3[nH]c(C(=O)OC(C)(C)C)cc3c2)CC1. The van der Waals surface area contributed by atoms with Gasteiger partial charge in [0, 0.05) is 54.4 Å². The normalized spacial score (nSPS) is 14.7. The van der Waals surface area contributed by atoms with Gasteiger partial charge in [-0.25, -0.2) is 9.18 Å². The highest BCUT2D eigenvalue weighted by Crippen LogP contribution is 2.26. The van der Waals surface area contributed by atoms with E-state index in [1.54, 1.807) is 49.9 Å². The number of carbonyl (C=O) groups excluding carboxylic acids is 4. The van der Waals surface area contributed by atoms with Gasteiger partial charge >= 0.3 is 5.97 Å². The summed E-state index contributed by atoms with van der Waals surface area (Å²) in [4.78, 5) is 59.3. The lowest BCUT2D eigenvalue weighted by atomic mass is 10.1. The molecule has 3 amide bonds. The summed E-state index contributed by atoms with van der Waals surface area (Å²) in [6.07, 6.45) is 3.17. The van der Waals surface area contributed by atoms with Gasteiger partial charge in [0.15, 0.2) is 5.82 Å². The summed E-state index contributed by atoms with van der Waals surface area (Å²) in [5.41, 5.74) is 0.741. The number of nitrogens with zero attached hydrogens (tertiary/aromatic N) is 6. The minimum absolute atomic E-state index is 0.0648. The van der Waals surface area contributed by atoms with E-state index in [2.05, 4.69) is 36.0 Å². The molecule has 252 valence electrons. The topological polar surface area (TPSA) is 167 Å². The van der Waals surface area contributed by atoms with Gasteiger partial charge in [-0.3, -0.25) is 14.4 Å². The molecule has 1 aliphatic rings. The van der Waals surface area contributed by atoms with Gasteiger partial charge in [-0.05, 0) is 80.7 Å². The summed E-state index contributed by atoms with van der Waals surface area (Å²) in [6.45, 7) is 7.62. The smallest absolute Gasteiger partial charge is 0.355 e. The number of amides is 3. The first-order valence-corrected chi connectivity index (χ1v) is 15.5. The minimum atomic E-state index is -1.28. The van der Waals surface area contributed by atoms with Crippen molar-refractivity contribution in [3.8, 4) is 5.69 Å². The van der Waals surface area contributed by atoms with Crippen LogP contribution in [0.4, 0.5) is 10.1 Å². The third-order valence-electron chi connectivity index (χ3n) is 7.48. The van der Waals surface area contributed by atoms with Gasteiger partial charge in [0.2, 0.25) is 17.7 Å². The summed E-state index contributed by atoms with van der Waals surface area (Å²) in [7, 11) is 1.95. The number of carbonyl (C=O) groups is 4. The van der Waals surface area contributed by atoms with Crippen LogP contribution in [0.15, 0.2) is 48.8 Å². The molecule has 3 heterocycles. The Bertz CT molecular complexity index is 1860. The quantitative estimate of drug-likeness (QED) is 0.178. The van der Waals surface area contributed by atoms with Crippen LogP contribution in [0.1, 0.15) is 43.2 Å². The highest BCUT2D eigenvalue weighted by Gasteiger charge is 2.28. The first-order chi connectivity index (χ1) is 22.8. The van der Waals surface area contributed by atoms with E-state index >= 15 is 4.39 Å². The van der Waals surface area contributed by atoms with Crippen molar-refractivity contribution in [2.24, 2.45) is 0 Å². The van der Waals surface area contributed by atoms with Crippen molar-refractivity contribution in [1.82, 2.24) is 40.3 Å². The molecule has 1 saturated heterocycles. The largest absolute Gasteiger partial charge is 0.455 e. The first-order valence-electron chi connectivity index (χ1n) is 15.1. The van der Waals surface area contributed by atoms with Crippen LogP contribution in [0.3, 0.4) is 0 Å². The summed E-state index contributed by atoms with van der Waals surface area (Å²) in [5, 5.41) is 16.7. The molecule has 14 nitrogen and oxygen atoms in total. The van der Waals surface area contributed by atoms with Gasteiger partial charge in [0.05, 0.1) is 17.1 Å². The van der Waals surface area contributed by atoms with E-state index in [0.717, 1.165) is 6.08 Å². The molecule has 4 aromatic rings. The van der Waals surface area contributed by atoms with Crippen molar-refractivity contribution in [3.63, 3.8) is 0 Å². The number of aromatic amines is 1. The fourth-order valence-corrected chi connectivity index (χ4v) is 5.18. The van der Waals surface area contributed by atoms with E-state index in [1.165, 1.54) is 29.2 Å². The molecule has 0 saturated carbocycles. The maximum atomic E-state index is 15.0. The second-order valence-electron chi connectivity index (χ2n) is 12.3. The van der Waals surface area contributed by atoms with Crippen LogP contribution in [0.5, 0.6) is 0 Å². The molecule has 0 aliphatic carbocycles. The average molecular weight is 680 g/mol. The molecule has 1 fully saturated rings. The van der Waals surface area contributed by atoms with E-state index in [1.807, 2.05) is 7.05 Å². The number of ether oxygens (including phenoxy) is 1. The Morgan fingerprint density at radius 2 is 1.85 bits per heavy atom. The number of benzene rings is 2. The lowest BCUT2D eigenvalue weighted by molar-refractivity contribution is -0.135. The summed E-state index contributed by atoms with van der Waals surface area (Å²) in [5.74, 6) is -3.04. The molecule has 16 heteroatoms. The van der Waals surface area contributed by atoms with Crippen molar-refractivity contribution in [2.45, 2.75) is 38.8 Å². The Morgan fingerprint density at radius 1 is 1.10 bits per heavy atom. The average Bonchev–Trinajstić information content (AvgIpc) is 3.71. The number of hydrogen-bond acceptors (Lipinski definition) is 9. The number of nitrogens with one attached hydrogen (secondary N) is 3. The molecule has 48 heavy (non-hydrogen) atoms. The molecular formula is C32H35ClFN9O5. The Hall–Kier alpha value is -5.15. The number of hydrogen-bond donors (Lipinski definition) is 3. The van der Waals surface area contributed by atoms with Crippen molar-refractivity contribution < 1.29 is 28.3 Å². The van der Waals surface area contributed by atoms with Crippen molar-refractivity contribution in [1.29, 1.82) is 0 Å². The number of piperazine rings is 1. The van der Waals surface area contributed by atoms with Crippen LogP contribution in [0, 0.1) is 5.82 Å². The summed E-state index contributed by atoms with van der Waals surface area (Å²) >= 11 is 5.99. The maximum Gasteiger partial charge on any atom is 0.355 e. The lowest BCUT2D eigenvalue weighted by Gasteiger charge is -2.33. The zero-order valence-corrected chi connectivity index (χ0v) is 27.5. The number of H-pyrrole nitrogens is 1. The van der Waals surface area contributed by atoms with Gasteiger partial charge < -0.3 is 30.2 Å². The third kappa shape index (κ3) is 8.41. The van der Waals surface area contributed by atoms with E-state index in [-0.39, 0.29) is 34.3 Å². The van der Waals surface area contributed by atoms with Gasteiger partial charge in [0.1, 0.15) is 23.7 Å². The zero-order valence-electron chi connectivity index (χ0n) is 26.8. The molecule has 3 N–H and O–H groups in total. The second kappa shape index (κ2) is 14.3. The number of rotatable bonds is 9. The molecule has 0 bridgehead atoms. The van der Waals surface area contributed by atoms with Crippen LogP contribution in [0.2, 0.25) is 5.02 Å². The van der Waals surface area contributed by atoms with Gasteiger partial charge in [-0.15, -0.1) is 5.10 Å². The predicted molar refractivity (Wildman–Crippen MR) is 176 cm³/mol. The van der Waals surface area contributed by atoms with Crippen LogP contribution in [0.25, 0.3) is 22.7 Å². The van der Waals surface area contributed by atoms with Gasteiger partial charge in [-0.2, -0.15) is 4.68 Å². The fourth-order valence-electron chi connectivity index (χ4n) is 5.02. The van der Waals surface area contributed by atoms with Crippen LogP contribution in [-0.2, 0) is 19.1 Å². The lowest BCUT2D eigenvalue weighted by Crippen LogP contribution is -2.51. The number of anilines is 1. The first kappa shape index (κ1) is 34.2. The summed E-state index contributed by atoms with van der Waals surface area (Å²) in [6, 6.07) is 8.11.